The van der Waals surface area contributed by atoms with Gasteiger partial charge in [-0.1, -0.05) is 6.92 Å². The van der Waals surface area contributed by atoms with Gasteiger partial charge in [0.15, 0.2) is 5.22 Å². The standard InChI is InChI=1S/C12H16ClN3O/c1-3-11-9(8-16(2)15-11)6-14-7-10-4-5-12(13)17-10/h4-5,8,14H,3,6-7H2,1-2H3. The number of furan rings is 1. The lowest BCUT2D eigenvalue weighted by Crippen LogP contribution is -2.12. The normalized spacial score (nSPS) is 11.0. The van der Waals surface area contributed by atoms with Crippen molar-refractivity contribution in [2.24, 2.45) is 7.05 Å². The van der Waals surface area contributed by atoms with Crippen molar-refractivity contribution in [1.29, 1.82) is 0 Å². The van der Waals surface area contributed by atoms with Crippen LogP contribution in [0.25, 0.3) is 0 Å². The Morgan fingerprint density at radius 1 is 1.41 bits per heavy atom. The third kappa shape index (κ3) is 3.11. The van der Waals surface area contributed by atoms with Gasteiger partial charge < -0.3 is 9.73 Å². The van der Waals surface area contributed by atoms with Crippen LogP contribution in [0.2, 0.25) is 5.22 Å². The third-order valence-corrected chi connectivity index (χ3v) is 2.77. The van der Waals surface area contributed by atoms with Gasteiger partial charge >= 0.3 is 0 Å². The molecule has 0 spiro atoms. The second-order valence-corrected chi connectivity index (χ2v) is 4.31. The number of nitrogens with one attached hydrogen (secondary N) is 1. The van der Waals surface area contributed by atoms with Crippen molar-refractivity contribution in [3.05, 3.63) is 40.6 Å². The highest BCUT2D eigenvalue weighted by Crippen LogP contribution is 2.13. The molecule has 5 heteroatoms. The van der Waals surface area contributed by atoms with E-state index in [1.165, 1.54) is 5.56 Å². The third-order valence-electron chi connectivity index (χ3n) is 2.57. The number of rotatable bonds is 5. The molecule has 2 heterocycles. The highest BCUT2D eigenvalue weighted by Gasteiger charge is 2.05. The van der Waals surface area contributed by atoms with Gasteiger partial charge in [0.2, 0.25) is 0 Å². The first-order chi connectivity index (χ1) is 8.19. The van der Waals surface area contributed by atoms with E-state index >= 15 is 0 Å². The van der Waals surface area contributed by atoms with Gasteiger partial charge in [-0.15, -0.1) is 0 Å². The molecule has 1 N–H and O–H groups in total. The van der Waals surface area contributed by atoms with Crippen molar-refractivity contribution in [3.8, 4) is 0 Å². The van der Waals surface area contributed by atoms with Crippen LogP contribution >= 0.6 is 11.6 Å². The minimum atomic E-state index is 0.428. The Bertz CT molecular complexity index is 490. The van der Waals surface area contributed by atoms with Crippen LogP contribution in [0, 0.1) is 0 Å². The Morgan fingerprint density at radius 3 is 2.88 bits per heavy atom. The van der Waals surface area contributed by atoms with Crippen LogP contribution in [0.1, 0.15) is 23.9 Å². The van der Waals surface area contributed by atoms with Crippen LogP contribution in [-0.4, -0.2) is 9.78 Å². The molecule has 0 saturated carbocycles. The van der Waals surface area contributed by atoms with Crippen molar-refractivity contribution in [1.82, 2.24) is 15.1 Å². The molecule has 92 valence electrons. The first kappa shape index (κ1) is 12.2. The molecule has 2 aromatic rings. The van der Waals surface area contributed by atoms with Crippen molar-refractivity contribution in [2.45, 2.75) is 26.4 Å². The summed E-state index contributed by atoms with van der Waals surface area (Å²) in [5, 5.41) is 8.13. The van der Waals surface area contributed by atoms with E-state index in [9.17, 15) is 0 Å². The molecule has 0 aliphatic rings. The molecule has 0 bridgehead atoms. The Kier molecular flexibility index (Phi) is 3.86. The van der Waals surface area contributed by atoms with Gasteiger partial charge in [-0.25, -0.2) is 0 Å². The minimum Gasteiger partial charge on any atom is -0.448 e. The topological polar surface area (TPSA) is 43.0 Å². The summed E-state index contributed by atoms with van der Waals surface area (Å²) in [6.07, 6.45) is 2.99. The molecule has 2 rings (SSSR count). The molecule has 17 heavy (non-hydrogen) atoms. The highest BCUT2D eigenvalue weighted by atomic mass is 35.5. The van der Waals surface area contributed by atoms with Gasteiger partial charge in [-0.3, -0.25) is 4.68 Å². The van der Waals surface area contributed by atoms with Crippen LogP contribution in [0.3, 0.4) is 0 Å². The number of aromatic nitrogens is 2. The van der Waals surface area contributed by atoms with Crippen LogP contribution in [0.5, 0.6) is 0 Å². The monoisotopic (exact) mass is 253 g/mol. The first-order valence-electron chi connectivity index (χ1n) is 5.65. The molecule has 0 aromatic carbocycles. The molecule has 0 radical (unpaired) electrons. The molecule has 0 unspecified atom stereocenters. The summed E-state index contributed by atoms with van der Waals surface area (Å²) in [5.74, 6) is 0.844. The lowest BCUT2D eigenvalue weighted by atomic mass is 10.2. The predicted molar refractivity (Wildman–Crippen MR) is 66.8 cm³/mol. The van der Waals surface area contributed by atoms with Gasteiger partial charge in [0.1, 0.15) is 5.76 Å². The first-order valence-corrected chi connectivity index (χ1v) is 6.03. The molecule has 0 saturated heterocycles. The lowest BCUT2D eigenvalue weighted by Gasteiger charge is -2.01. The molecule has 4 nitrogen and oxygen atoms in total. The number of hydrogen-bond donors (Lipinski definition) is 1. The van der Waals surface area contributed by atoms with E-state index in [-0.39, 0.29) is 0 Å². The summed E-state index contributed by atoms with van der Waals surface area (Å²) in [7, 11) is 1.94. The Labute approximate surface area is 106 Å². The molecule has 0 aliphatic heterocycles. The van der Waals surface area contributed by atoms with Crippen molar-refractivity contribution < 1.29 is 4.42 Å². The Balaban J connectivity index is 1.89. The van der Waals surface area contributed by atoms with Crippen LogP contribution in [-0.2, 0) is 26.6 Å². The maximum atomic E-state index is 5.70. The number of halogens is 1. The second kappa shape index (κ2) is 5.38. The van der Waals surface area contributed by atoms with Gasteiger partial charge in [-0.05, 0) is 30.2 Å². The summed E-state index contributed by atoms with van der Waals surface area (Å²) in [4.78, 5) is 0. The number of nitrogens with zero attached hydrogens (tertiary/aromatic N) is 2. The summed E-state index contributed by atoms with van der Waals surface area (Å²) >= 11 is 5.70. The Hall–Kier alpha value is -1.26. The maximum Gasteiger partial charge on any atom is 0.193 e. The van der Waals surface area contributed by atoms with Gasteiger partial charge in [0.25, 0.3) is 0 Å². The molecule has 2 aromatic heterocycles. The van der Waals surface area contributed by atoms with Crippen molar-refractivity contribution >= 4 is 11.6 Å². The molecule has 0 fully saturated rings. The van der Waals surface area contributed by atoms with Crippen molar-refractivity contribution in [3.63, 3.8) is 0 Å². The summed E-state index contributed by atoms with van der Waals surface area (Å²) < 4.78 is 7.11. The second-order valence-electron chi connectivity index (χ2n) is 3.94. The highest BCUT2D eigenvalue weighted by molar-refractivity contribution is 6.28. The van der Waals surface area contributed by atoms with E-state index in [0.29, 0.717) is 11.8 Å². The number of aryl methyl sites for hydroxylation is 2. The zero-order chi connectivity index (χ0) is 12.3. The van der Waals surface area contributed by atoms with E-state index in [2.05, 4.69) is 17.3 Å². The predicted octanol–water partition coefficient (Wildman–Crippen LogP) is 2.52. The van der Waals surface area contributed by atoms with E-state index in [1.807, 2.05) is 24.0 Å². The largest absolute Gasteiger partial charge is 0.448 e. The van der Waals surface area contributed by atoms with E-state index < -0.39 is 0 Å². The smallest absolute Gasteiger partial charge is 0.193 e. The quantitative estimate of drug-likeness (QED) is 0.891. The SMILES string of the molecule is CCc1nn(C)cc1CNCc1ccc(Cl)o1. The van der Waals surface area contributed by atoms with Crippen molar-refractivity contribution in [2.75, 3.05) is 0 Å². The molecular formula is C12H16ClN3O. The summed E-state index contributed by atoms with van der Waals surface area (Å²) in [5.41, 5.74) is 2.37. The molecular weight excluding hydrogens is 238 g/mol. The average Bonchev–Trinajstić information content (AvgIpc) is 2.85. The van der Waals surface area contributed by atoms with Crippen LogP contribution in [0.15, 0.2) is 22.7 Å². The molecule has 0 amide bonds. The lowest BCUT2D eigenvalue weighted by molar-refractivity contribution is 0.484. The van der Waals surface area contributed by atoms with E-state index in [0.717, 1.165) is 24.4 Å². The van der Waals surface area contributed by atoms with Gasteiger partial charge in [0, 0.05) is 25.4 Å². The maximum absolute atomic E-state index is 5.70. The van der Waals surface area contributed by atoms with Crippen LogP contribution < -0.4 is 5.32 Å². The zero-order valence-electron chi connectivity index (χ0n) is 10.0. The van der Waals surface area contributed by atoms with Crippen LogP contribution in [0.4, 0.5) is 0 Å². The fraction of sp³-hybridized carbons (Fsp3) is 0.417. The Morgan fingerprint density at radius 2 is 2.24 bits per heavy atom. The average molecular weight is 254 g/mol. The van der Waals surface area contributed by atoms with E-state index in [1.54, 1.807) is 6.07 Å². The summed E-state index contributed by atoms with van der Waals surface area (Å²) in [6, 6.07) is 3.62. The molecule has 0 atom stereocenters. The van der Waals surface area contributed by atoms with Gasteiger partial charge in [-0.2, -0.15) is 5.10 Å². The zero-order valence-corrected chi connectivity index (χ0v) is 10.8. The fourth-order valence-electron chi connectivity index (χ4n) is 1.80. The van der Waals surface area contributed by atoms with E-state index in [4.69, 9.17) is 16.0 Å². The summed E-state index contributed by atoms with van der Waals surface area (Å²) in [6.45, 7) is 3.57. The number of hydrogen-bond acceptors (Lipinski definition) is 3. The molecule has 0 aliphatic carbocycles. The van der Waals surface area contributed by atoms with Gasteiger partial charge in [0.05, 0.1) is 12.2 Å². The fourth-order valence-corrected chi connectivity index (χ4v) is 1.96. The minimum absolute atomic E-state index is 0.428.